The van der Waals surface area contributed by atoms with Gasteiger partial charge in [0.25, 0.3) is 0 Å². The summed E-state index contributed by atoms with van der Waals surface area (Å²) in [4.78, 5) is 14.8. The second-order valence-corrected chi connectivity index (χ2v) is 6.54. The Morgan fingerprint density at radius 3 is 2.70 bits per heavy atom. The van der Waals surface area contributed by atoms with Crippen LogP contribution in [0.4, 0.5) is 0 Å². The van der Waals surface area contributed by atoms with E-state index < -0.39 is 5.41 Å². The molecule has 0 aromatic carbocycles. The lowest BCUT2D eigenvalue weighted by Gasteiger charge is -2.38. The highest BCUT2D eigenvalue weighted by atomic mass is 16.2. The van der Waals surface area contributed by atoms with Crippen LogP contribution in [-0.4, -0.2) is 36.0 Å². The van der Waals surface area contributed by atoms with Crippen molar-refractivity contribution in [3.05, 3.63) is 0 Å². The first-order valence-corrected chi connectivity index (χ1v) is 8.04. The van der Waals surface area contributed by atoms with Gasteiger partial charge in [0, 0.05) is 18.6 Å². The number of nitriles is 1. The fourth-order valence-electron chi connectivity index (χ4n) is 3.67. The lowest BCUT2D eigenvalue weighted by molar-refractivity contribution is -0.128. The summed E-state index contributed by atoms with van der Waals surface area (Å²) in [5.74, 6) is -0.0472. The summed E-state index contributed by atoms with van der Waals surface area (Å²) in [6.45, 7) is 6.23. The van der Waals surface area contributed by atoms with E-state index in [1.54, 1.807) is 0 Å². The summed E-state index contributed by atoms with van der Waals surface area (Å²) < 4.78 is 0. The second-order valence-electron chi connectivity index (χ2n) is 6.54. The van der Waals surface area contributed by atoms with Crippen LogP contribution < -0.4 is 5.32 Å². The topological polar surface area (TPSA) is 56.1 Å². The van der Waals surface area contributed by atoms with E-state index in [4.69, 9.17) is 0 Å². The van der Waals surface area contributed by atoms with Gasteiger partial charge in [-0.1, -0.05) is 19.3 Å². The van der Waals surface area contributed by atoms with Crippen molar-refractivity contribution in [3.8, 4) is 6.07 Å². The summed E-state index contributed by atoms with van der Waals surface area (Å²) in [6.07, 6.45) is 7.27. The summed E-state index contributed by atoms with van der Waals surface area (Å²) in [6, 6.07) is 3.22. The largest absolute Gasteiger partial charge is 0.353 e. The second kappa shape index (κ2) is 6.58. The van der Waals surface area contributed by atoms with Crippen LogP contribution in [0.3, 0.4) is 0 Å². The van der Waals surface area contributed by atoms with Gasteiger partial charge in [0.2, 0.25) is 5.91 Å². The Kier molecular flexibility index (Phi) is 5.04. The number of rotatable bonds is 4. The van der Waals surface area contributed by atoms with Gasteiger partial charge in [-0.15, -0.1) is 0 Å². The molecule has 2 rings (SSSR count). The Labute approximate surface area is 122 Å². The smallest absolute Gasteiger partial charge is 0.240 e. The first kappa shape index (κ1) is 15.3. The van der Waals surface area contributed by atoms with Crippen molar-refractivity contribution < 1.29 is 4.79 Å². The maximum Gasteiger partial charge on any atom is 0.240 e. The molecule has 1 aliphatic heterocycles. The molecular formula is C16H27N3O. The predicted octanol–water partition coefficient (Wildman–Crippen LogP) is 2.45. The van der Waals surface area contributed by atoms with E-state index in [0.717, 1.165) is 32.2 Å². The van der Waals surface area contributed by atoms with Gasteiger partial charge in [-0.25, -0.2) is 0 Å². The SMILES string of the molecule is C[C@H]1CCCCN1[C@@H](C)CNC(=O)C1(C#N)CCCC1. The number of carbonyl (C=O) groups is 1. The first-order valence-electron chi connectivity index (χ1n) is 8.04. The van der Waals surface area contributed by atoms with Crippen LogP contribution in [0, 0.1) is 16.7 Å². The molecule has 20 heavy (non-hydrogen) atoms. The number of hydrogen-bond acceptors (Lipinski definition) is 3. The maximum atomic E-state index is 12.3. The van der Waals surface area contributed by atoms with Crippen molar-refractivity contribution in [2.24, 2.45) is 5.41 Å². The first-order chi connectivity index (χ1) is 9.59. The van der Waals surface area contributed by atoms with Crippen molar-refractivity contribution in [1.82, 2.24) is 10.2 Å². The monoisotopic (exact) mass is 277 g/mol. The van der Waals surface area contributed by atoms with Gasteiger partial charge in [0.05, 0.1) is 6.07 Å². The zero-order valence-corrected chi connectivity index (χ0v) is 12.8. The molecule has 0 bridgehead atoms. The van der Waals surface area contributed by atoms with E-state index in [9.17, 15) is 10.1 Å². The quantitative estimate of drug-likeness (QED) is 0.858. The molecule has 112 valence electrons. The molecule has 4 nitrogen and oxygen atoms in total. The van der Waals surface area contributed by atoms with Crippen LogP contribution in [0.25, 0.3) is 0 Å². The Morgan fingerprint density at radius 1 is 1.40 bits per heavy atom. The average molecular weight is 277 g/mol. The van der Waals surface area contributed by atoms with Crippen LogP contribution in [0.2, 0.25) is 0 Å². The summed E-state index contributed by atoms with van der Waals surface area (Å²) in [7, 11) is 0. The normalized spacial score (nSPS) is 27.8. The fourth-order valence-corrected chi connectivity index (χ4v) is 3.67. The standard InChI is InChI=1S/C16H27N3O/c1-13-7-3-6-10-19(13)14(2)11-18-15(20)16(12-17)8-4-5-9-16/h13-14H,3-11H2,1-2H3,(H,18,20)/t13-,14-/m0/s1. The number of nitrogens with zero attached hydrogens (tertiary/aromatic N) is 2. The molecule has 0 aromatic rings. The van der Waals surface area contributed by atoms with E-state index in [1.807, 2.05) is 0 Å². The van der Waals surface area contributed by atoms with E-state index in [-0.39, 0.29) is 5.91 Å². The molecule has 0 spiro atoms. The van der Waals surface area contributed by atoms with Gasteiger partial charge >= 0.3 is 0 Å². The minimum atomic E-state index is -0.743. The van der Waals surface area contributed by atoms with Crippen LogP contribution in [0.1, 0.15) is 58.8 Å². The van der Waals surface area contributed by atoms with Gasteiger partial charge in [0.15, 0.2) is 0 Å². The van der Waals surface area contributed by atoms with Gasteiger partial charge < -0.3 is 5.32 Å². The zero-order chi connectivity index (χ0) is 14.6. The Balaban J connectivity index is 1.85. The third-order valence-electron chi connectivity index (χ3n) is 5.08. The number of likely N-dealkylation sites (tertiary alicyclic amines) is 1. The lowest BCUT2D eigenvalue weighted by Crippen LogP contribution is -2.50. The molecule has 1 saturated heterocycles. The molecular weight excluding hydrogens is 250 g/mol. The Morgan fingerprint density at radius 2 is 2.10 bits per heavy atom. The lowest BCUT2D eigenvalue weighted by atomic mass is 9.87. The van der Waals surface area contributed by atoms with E-state index in [2.05, 4.69) is 30.1 Å². The van der Waals surface area contributed by atoms with Crippen molar-refractivity contribution in [2.45, 2.75) is 70.9 Å². The maximum absolute atomic E-state index is 12.3. The van der Waals surface area contributed by atoms with Crippen LogP contribution in [-0.2, 0) is 4.79 Å². The van der Waals surface area contributed by atoms with E-state index >= 15 is 0 Å². The average Bonchev–Trinajstić information content (AvgIpc) is 2.95. The summed E-state index contributed by atoms with van der Waals surface area (Å²) >= 11 is 0. The van der Waals surface area contributed by atoms with Crippen molar-refractivity contribution >= 4 is 5.91 Å². The molecule has 0 unspecified atom stereocenters. The molecule has 1 heterocycles. The van der Waals surface area contributed by atoms with Crippen molar-refractivity contribution in [1.29, 1.82) is 5.26 Å². The zero-order valence-electron chi connectivity index (χ0n) is 12.8. The van der Waals surface area contributed by atoms with Gasteiger partial charge in [-0.3, -0.25) is 9.69 Å². The fraction of sp³-hybridized carbons (Fsp3) is 0.875. The Hall–Kier alpha value is -1.08. The molecule has 2 atom stereocenters. The third kappa shape index (κ3) is 3.15. The van der Waals surface area contributed by atoms with Crippen LogP contribution in [0.15, 0.2) is 0 Å². The molecule has 2 aliphatic rings. The van der Waals surface area contributed by atoms with Gasteiger partial charge in [0.1, 0.15) is 5.41 Å². The number of amides is 1. The molecule has 1 amide bonds. The highest BCUT2D eigenvalue weighted by Crippen LogP contribution is 2.37. The number of carbonyl (C=O) groups excluding carboxylic acids is 1. The van der Waals surface area contributed by atoms with Gasteiger partial charge in [-0.05, 0) is 46.1 Å². The van der Waals surface area contributed by atoms with E-state index in [1.165, 1.54) is 19.3 Å². The molecule has 1 aliphatic carbocycles. The third-order valence-corrected chi connectivity index (χ3v) is 5.08. The minimum Gasteiger partial charge on any atom is -0.353 e. The number of hydrogen-bond donors (Lipinski definition) is 1. The summed E-state index contributed by atoms with van der Waals surface area (Å²) in [5.41, 5.74) is -0.743. The predicted molar refractivity (Wildman–Crippen MR) is 79.0 cm³/mol. The van der Waals surface area contributed by atoms with E-state index in [0.29, 0.717) is 18.6 Å². The van der Waals surface area contributed by atoms with Crippen LogP contribution in [0.5, 0.6) is 0 Å². The minimum absolute atomic E-state index is 0.0472. The van der Waals surface area contributed by atoms with Crippen molar-refractivity contribution in [2.75, 3.05) is 13.1 Å². The highest BCUT2D eigenvalue weighted by molar-refractivity contribution is 5.85. The van der Waals surface area contributed by atoms with Gasteiger partial charge in [-0.2, -0.15) is 5.26 Å². The molecule has 2 fully saturated rings. The number of nitrogens with one attached hydrogen (secondary N) is 1. The number of piperidine rings is 1. The Bertz CT molecular complexity index is 382. The van der Waals surface area contributed by atoms with Crippen LogP contribution >= 0.6 is 0 Å². The molecule has 0 radical (unpaired) electrons. The molecule has 4 heteroatoms. The molecule has 0 aromatic heterocycles. The summed E-state index contributed by atoms with van der Waals surface area (Å²) in [5, 5.41) is 12.4. The molecule has 1 saturated carbocycles. The van der Waals surface area contributed by atoms with Crippen molar-refractivity contribution in [3.63, 3.8) is 0 Å². The highest BCUT2D eigenvalue weighted by Gasteiger charge is 2.41. The molecule has 1 N–H and O–H groups in total.